The van der Waals surface area contributed by atoms with Gasteiger partial charge >= 0.3 is 6.03 Å². The van der Waals surface area contributed by atoms with E-state index in [4.69, 9.17) is 10.5 Å². The van der Waals surface area contributed by atoms with Crippen LogP contribution in [-0.2, 0) is 5.54 Å². The van der Waals surface area contributed by atoms with Gasteiger partial charge in [-0.3, -0.25) is 4.98 Å². The number of piperazine rings is 1. The summed E-state index contributed by atoms with van der Waals surface area (Å²) < 4.78 is 5.93. The highest BCUT2D eigenvalue weighted by Crippen LogP contribution is 2.31. The van der Waals surface area contributed by atoms with Crippen LogP contribution in [0.3, 0.4) is 0 Å². The van der Waals surface area contributed by atoms with Crippen LogP contribution in [0, 0.1) is 0 Å². The summed E-state index contributed by atoms with van der Waals surface area (Å²) in [5, 5.41) is 3.35. The van der Waals surface area contributed by atoms with Crippen molar-refractivity contribution in [1.82, 2.24) is 15.2 Å². The third-order valence-corrected chi connectivity index (χ3v) is 4.14. The first-order valence-corrected chi connectivity index (χ1v) is 7.58. The van der Waals surface area contributed by atoms with Gasteiger partial charge in [0.25, 0.3) is 0 Å². The molecule has 3 rings (SSSR count). The van der Waals surface area contributed by atoms with Crippen molar-refractivity contribution >= 4 is 6.03 Å². The zero-order valence-electron chi connectivity index (χ0n) is 12.8. The Kier molecular flexibility index (Phi) is 4.43. The Morgan fingerprint density at radius 3 is 2.83 bits per heavy atom. The van der Waals surface area contributed by atoms with Crippen LogP contribution in [0.15, 0.2) is 54.9 Å². The SMILES string of the molecule is NC(=O)N1CCNCC1(COc1cccnc1)c1ccccc1. The van der Waals surface area contributed by atoms with E-state index in [-0.39, 0.29) is 0 Å². The standard InChI is InChI=1S/C17H20N4O2/c18-16(22)21-10-9-20-12-17(21,14-5-2-1-3-6-14)13-23-15-7-4-8-19-11-15/h1-8,11,20H,9-10,12-13H2,(H2,18,22). The van der Waals surface area contributed by atoms with Crippen molar-refractivity contribution in [3.8, 4) is 5.75 Å². The van der Waals surface area contributed by atoms with Gasteiger partial charge in [-0.25, -0.2) is 4.79 Å². The van der Waals surface area contributed by atoms with Gasteiger partial charge < -0.3 is 20.7 Å². The van der Waals surface area contributed by atoms with E-state index in [1.54, 1.807) is 17.3 Å². The van der Waals surface area contributed by atoms with Gasteiger partial charge in [-0.1, -0.05) is 30.3 Å². The van der Waals surface area contributed by atoms with Gasteiger partial charge in [0.1, 0.15) is 17.9 Å². The first-order valence-electron chi connectivity index (χ1n) is 7.58. The van der Waals surface area contributed by atoms with Gasteiger partial charge in [-0.2, -0.15) is 0 Å². The van der Waals surface area contributed by atoms with Gasteiger partial charge in [0.2, 0.25) is 0 Å². The molecule has 1 unspecified atom stereocenters. The lowest BCUT2D eigenvalue weighted by molar-refractivity contribution is 0.0468. The predicted octanol–water partition coefficient (Wildman–Crippen LogP) is 1.34. The first-order chi connectivity index (χ1) is 11.2. The van der Waals surface area contributed by atoms with Gasteiger partial charge in [0, 0.05) is 25.8 Å². The van der Waals surface area contributed by atoms with E-state index >= 15 is 0 Å². The number of aromatic nitrogens is 1. The number of rotatable bonds is 4. The third kappa shape index (κ3) is 3.12. The number of nitrogens with zero attached hydrogens (tertiary/aromatic N) is 2. The van der Waals surface area contributed by atoms with Crippen molar-refractivity contribution in [3.05, 3.63) is 60.4 Å². The second-order valence-electron chi connectivity index (χ2n) is 5.54. The molecule has 2 heterocycles. The Hall–Kier alpha value is -2.60. The lowest BCUT2D eigenvalue weighted by Gasteiger charge is -2.46. The molecular weight excluding hydrogens is 292 g/mol. The second kappa shape index (κ2) is 6.66. The zero-order chi connectivity index (χ0) is 16.1. The van der Waals surface area contributed by atoms with E-state index in [9.17, 15) is 4.79 Å². The molecular formula is C17H20N4O2. The number of benzene rings is 1. The molecule has 0 spiro atoms. The third-order valence-electron chi connectivity index (χ3n) is 4.14. The van der Waals surface area contributed by atoms with Crippen molar-refractivity contribution in [2.24, 2.45) is 5.73 Å². The Balaban J connectivity index is 1.94. The minimum absolute atomic E-state index is 0.304. The molecule has 2 aromatic rings. The quantitative estimate of drug-likeness (QED) is 0.893. The lowest BCUT2D eigenvalue weighted by atomic mass is 9.87. The smallest absolute Gasteiger partial charge is 0.315 e. The molecule has 1 fully saturated rings. The highest BCUT2D eigenvalue weighted by Gasteiger charge is 2.43. The van der Waals surface area contributed by atoms with Crippen LogP contribution in [0.5, 0.6) is 5.75 Å². The van der Waals surface area contributed by atoms with Gasteiger partial charge in [0.15, 0.2) is 0 Å². The average Bonchev–Trinajstić information content (AvgIpc) is 2.61. The molecule has 3 N–H and O–H groups in total. The van der Waals surface area contributed by atoms with Crippen molar-refractivity contribution < 1.29 is 9.53 Å². The van der Waals surface area contributed by atoms with Crippen LogP contribution in [0.2, 0.25) is 0 Å². The number of carbonyl (C=O) groups excluding carboxylic acids is 1. The molecule has 2 amide bonds. The van der Waals surface area contributed by atoms with Crippen LogP contribution in [0.4, 0.5) is 4.79 Å². The number of amides is 2. The lowest BCUT2D eigenvalue weighted by Crippen LogP contribution is -2.64. The minimum atomic E-state index is -0.638. The molecule has 1 aliphatic heterocycles. The molecule has 1 aliphatic rings. The number of nitrogens with one attached hydrogen (secondary N) is 1. The average molecular weight is 312 g/mol. The summed E-state index contributed by atoms with van der Waals surface area (Å²) in [4.78, 5) is 17.7. The maximum atomic E-state index is 12.0. The molecule has 1 aromatic carbocycles. The Morgan fingerprint density at radius 1 is 1.30 bits per heavy atom. The summed E-state index contributed by atoms with van der Waals surface area (Å²) in [5.74, 6) is 0.665. The molecule has 23 heavy (non-hydrogen) atoms. The van der Waals surface area contributed by atoms with Crippen LogP contribution in [0.1, 0.15) is 5.56 Å². The Bertz CT molecular complexity index is 650. The Labute approximate surface area is 135 Å². The molecule has 1 aromatic heterocycles. The maximum Gasteiger partial charge on any atom is 0.315 e. The number of nitrogens with two attached hydrogens (primary N) is 1. The number of urea groups is 1. The van der Waals surface area contributed by atoms with E-state index < -0.39 is 11.6 Å². The number of carbonyl (C=O) groups is 1. The molecule has 0 bridgehead atoms. The Morgan fingerprint density at radius 2 is 2.13 bits per heavy atom. The summed E-state index contributed by atoms with van der Waals surface area (Å²) in [6.07, 6.45) is 3.35. The van der Waals surface area contributed by atoms with E-state index in [0.717, 1.165) is 5.56 Å². The van der Waals surface area contributed by atoms with E-state index in [1.807, 2.05) is 42.5 Å². The normalized spacial score (nSPS) is 21.0. The highest BCUT2D eigenvalue weighted by atomic mass is 16.5. The minimum Gasteiger partial charge on any atom is -0.489 e. The van der Waals surface area contributed by atoms with Gasteiger partial charge in [-0.15, -0.1) is 0 Å². The van der Waals surface area contributed by atoms with Crippen LogP contribution < -0.4 is 15.8 Å². The topological polar surface area (TPSA) is 80.5 Å². The number of pyridine rings is 1. The van der Waals surface area contributed by atoms with Crippen LogP contribution >= 0.6 is 0 Å². The number of primary amides is 1. The molecule has 1 atom stereocenters. The second-order valence-corrected chi connectivity index (χ2v) is 5.54. The summed E-state index contributed by atoms with van der Waals surface area (Å²) in [5.41, 5.74) is 6.00. The monoisotopic (exact) mass is 312 g/mol. The van der Waals surface area contributed by atoms with Crippen molar-refractivity contribution in [3.63, 3.8) is 0 Å². The summed E-state index contributed by atoms with van der Waals surface area (Å²) in [6, 6.07) is 13.1. The summed E-state index contributed by atoms with van der Waals surface area (Å²) in [7, 11) is 0. The molecule has 120 valence electrons. The summed E-state index contributed by atoms with van der Waals surface area (Å²) >= 11 is 0. The first kappa shape index (κ1) is 15.3. The predicted molar refractivity (Wildman–Crippen MR) is 87.0 cm³/mol. The highest BCUT2D eigenvalue weighted by molar-refractivity contribution is 5.73. The molecule has 6 heteroatoms. The van der Waals surface area contributed by atoms with Gasteiger partial charge in [-0.05, 0) is 17.7 Å². The molecule has 0 saturated carbocycles. The van der Waals surface area contributed by atoms with E-state index in [0.29, 0.717) is 32.0 Å². The van der Waals surface area contributed by atoms with Crippen LogP contribution in [0.25, 0.3) is 0 Å². The fraction of sp³-hybridized carbons (Fsp3) is 0.294. The van der Waals surface area contributed by atoms with Crippen molar-refractivity contribution in [2.75, 3.05) is 26.2 Å². The van der Waals surface area contributed by atoms with Crippen molar-refractivity contribution in [2.45, 2.75) is 5.54 Å². The molecule has 0 radical (unpaired) electrons. The van der Waals surface area contributed by atoms with E-state index in [1.165, 1.54) is 0 Å². The van der Waals surface area contributed by atoms with Crippen molar-refractivity contribution in [1.29, 1.82) is 0 Å². The fourth-order valence-electron chi connectivity index (χ4n) is 2.97. The maximum absolute atomic E-state index is 12.0. The fourth-order valence-corrected chi connectivity index (χ4v) is 2.97. The molecule has 0 aliphatic carbocycles. The molecule has 1 saturated heterocycles. The number of ether oxygens (including phenoxy) is 1. The van der Waals surface area contributed by atoms with Gasteiger partial charge in [0.05, 0.1) is 6.20 Å². The number of hydrogen-bond acceptors (Lipinski definition) is 4. The van der Waals surface area contributed by atoms with Crippen LogP contribution in [-0.4, -0.2) is 42.2 Å². The molecule has 6 nitrogen and oxygen atoms in total. The van der Waals surface area contributed by atoms with E-state index in [2.05, 4.69) is 10.3 Å². The number of hydrogen-bond donors (Lipinski definition) is 2. The summed E-state index contributed by atoms with van der Waals surface area (Å²) in [6.45, 7) is 2.14. The zero-order valence-corrected chi connectivity index (χ0v) is 12.8. The largest absolute Gasteiger partial charge is 0.489 e.